The van der Waals surface area contributed by atoms with E-state index in [1.54, 1.807) is 24.3 Å². The van der Waals surface area contributed by atoms with Crippen LogP contribution in [-0.4, -0.2) is 40.6 Å². The predicted octanol–water partition coefficient (Wildman–Crippen LogP) is 3.78. The first-order valence-corrected chi connectivity index (χ1v) is 10.7. The Labute approximate surface area is 205 Å². The molecule has 0 radical (unpaired) electrons. The fourth-order valence-corrected chi connectivity index (χ4v) is 3.82. The summed E-state index contributed by atoms with van der Waals surface area (Å²) in [7, 11) is 0. The minimum Gasteiger partial charge on any atom is -0.325 e. The fraction of sp³-hybridized carbons (Fsp3) is 0.0909. The fourth-order valence-electron chi connectivity index (χ4n) is 3.58. The number of amides is 1. The van der Waals surface area contributed by atoms with E-state index in [-0.39, 0.29) is 28.8 Å². The molecule has 0 saturated heterocycles. The lowest BCUT2D eigenvalue weighted by Gasteiger charge is -2.14. The van der Waals surface area contributed by atoms with Crippen LogP contribution in [0.4, 0.5) is 18.9 Å². The zero-order valence-corrected chi connectivity index (χ0v) is 18.9. The summed E-state index contributed by atoms with van der Waals surface area (Å²) in [6.07, 6.45) is 0.163. The number of rotatable bonds is 5. The molecule has 5 aromatic rings. The number of aromatic nitrogens is 7. The lowest BCUT2D eigenvalue weighted by Crippen LogP contribution is -2.21. The summed E-state index contributed by atoms with van der Waals surface area (Å²) in [5, 5.41) is 14.9. The number of pyridine rings is 2. The summed E-state index contributed by atoms with van der Waals surface area (Å²) >= 11 is 6.24. The first-order valence-electron chi connectivity index (χ1n) is 10.3. The maximum absolute atomic E-state index is 14.1. The summed E-state index contributed by atoms with van der Waals surface area (Å²) in [6.45, 7) is 0.163. The van der Waals surface area contributed by atoms with Crippen LogP contribution in [0, 0.1) is 0 Å². The van der Waals surface area contributed by atoms with Gasteiger partial charge < -0.3 is 11.1 Å². The number of fused-ring (bicyclic) bond motifs is 1. The SMILES string of the molecule is NCc1cnn(-c2ncc(NC(=O)c3cnn(-c4cccc5ncccc45)c3C(F)(F)F)cc2Cl)n1. The zero-order valence-electron chi connectivity index (χ0n) is 18.1. The van der Waals surface area contributed by atoms with Gasteiger partial charge >= 0.3 is 6.18 Å². The summed E-state index contributed by atoms with van der Waals surface area (Å²) in [5.41, 5.74) is 4.79. The van der Waals surface area contributed by atoms with E-state index >= 15 is 0 Å². The Morgan fingerprint density at radius 2 is 1.92 bits per heavy atom. The largest absolute Gasteiger partial charge is 0.434 e. The molecule has 10 nitrogen and oxygen atoms in total. The monoisotopic (exact) mass is 513 g/mol. The number of nitrogens with two attached hydrogens (primary N) is 1. The van der Waals surface area contributed by atoms with Crippen LogP contribution in [-0.2, 0) is 12.7 Å². The van der Waals surface area contributed by atoms with Gasteiger partial charge in [-0.05, 0) is 30.3 Å². The molecule has 0 aliphatic carbocycles. The first kappa shape index (κ1) is 23.4. The Balaban J connectivity index is 1.49. The standard InChI is InChI=1S/C22H15ClF3N9O/c23-16-7-12(9-29-20(16)35-31-10-13(8-27)33-35)32-21(36)15-11-30-34(19(15)22(24,25)26)18-5-1-4-17-14(18)3-2-6-28-17/h1-7,9-11H,8,27H2,(H,32,36). The van der Waals surface area contributed by atoms with Gasteiger partial charge in [0.05, 0.1) is 51.8 Å². The molecule has 0 unspecified atom stereocenters. The molecular weight excluding hydrogens is 499 g/mol. The maximum atomic E-state index is 14.1. The number of hydrogen-bond acceptors (Lipinski definition) is 7. The van der Waals surface area contributed by atoms with Crippen LogP contribution in [0.3, 0.4) is 0 Å². The highest BCUT2D eigenvalue weighted by atomic mass is 35.5. The topological polar surface area (TPSA) is 129 Å². The van der Waals surface area contributed by atoms with Gasteiger partial charge in [-0.1, -0.05) is 17.7 Å². The number of anilines is 1. The molecule has 0 atom stereocenters. The highest BCUT2D eigenvalue weighted by Crippen LogP contribution is 2.35. The van der Waals surface area contributed by atoms with Gasteiger partial charge in [-0.15, -0.1) is 4.80 Å². The minimum atomic E-state index is -4.89. The van der Waals surface area contributed by atoms with Gasteiger partial charge in [-0.3, -0.25) is 9.78 Å². The van der Waals surface area contributed by atoms with E-state index in [2.05, 4.69) is 30.6 Å². The van der Waals surface area contributed by atoms with Gasteiger partial charge in [-0.2, -0.15) is 28.5 Å². The van der Waals surface area contributed by atoms with E-state index in [9.17, 15) is 18.0 Å². The van der Waals surface area contributed by atoms with Crippen LogP contribution >= 0.6 is 11.6 Å². The van der Waals surface area contributed by atoms with Gasteiger partial charge in [0.25, 0.3) is 5.91 Å². The molecule has 0 saturated carbocycles. The number of hydrogen-bond donors (Lipinski definition) is 2. The van der Waals surface area contributed by atoms with E-state index in [1.165, 1.54) is 30.7 Å². The van der Waals surface area contributed by atoms with Crippen LogP contribution in [0.15, 0.2) is 61.2 Å². The van der Waals surface area contributed by atoms with Crippen LogP contribution < -0.4 is 11.1 Å². The van der Waals surface area contributed by atoms with Crippen molar-refractivity contribution in [1.82, 2.24) is 34.7 Å². The average Bonchev–Trinajstić information content (AvgIpc) is 3.51. The molecule has 1 amide bonds. The van der Waals surface area contributed by atoms with E-state index in [0.717, 1.165) is 11.0 Å². The molecule has 36 heavy (non-hydrogen) atoms. The Bertz CT molecular complexity index is 1590. The van der Waals surface area contributed by atoms with Crippen molar-refractivity contribution in [1.29, 1.82) is 0 Å². The molecule has 0 fully saturated rings. The lowest BCUT2D eigenvalue weighted by atomic mass is 10.1. The van der Waals surface area contributed by atoms with E-state index < -0.39 is 23.3 Å². The van der Waals surface area contributed by atoms with Crippen molar-refractivity contribution in [3.05, 3.63) is 83.2 Å². The molecule has 4 heterocycles. The number of carbonyl (C=O) groups excluding carboxylic acids is 1. The molecule has 1 aromatic carbocycles. The molecule has 4 aromatic heterocycles. The number of halogens is 4. The molecule has 0 spiro atoms. The Hall–Kier alpha value is -4.36. The van der Waals surface area contributed by atoms with Crippen molar-refractivity contribution in [2.75, 3.05) is 5.32 Å². The Morgan fingerprint density at radius 1 is 1.08 bits per heavy atom. The summed E-state index contributed by atoms with van der Waals surface area (Å²) < 4.78 is 43.1. The van der Waals surface area contributed by atoms with Crippen molar-refractivity contribution >= 4 is 34.1 Å². The summed E-state index contributed by atoms with van der Waals surface area (Å²) in [4.78, 5) is 22.3. The molecule has 5 rings (SSSR count). The number of nitrogens with one attached hydrogen (secondary N) is 1. The van der Waals surface area contributed by atoms with E-state index in [4.69, 9.17) is 17.3 Å². The predicted molar refractivity (Wildman–Crippen MR) is 124 cm³/mol. The second kappa shape index (κ2) is 9.02. The van der Waals surface area contributed by atoms with E-state index in [1.807, 2.05) is 0 Å². The van der Waals surface area contributed by atoms with Gasteiger partial charge in [0.15, 0.2) is 11.5 Å². The molecule has 14 heteroatoms. The van der Waals surface area contributed by atoms with Crippen molar-refractivity contribution in [2.24, 2.45) is 5.73 Å². The molecular formula is C22H15ClF3N9O. The first-order chi connectivity index (χ1) is 17.3. The second-order valence-electron chi connectivity index (χ2n) is 7.48. The molecule has 3 N–H and O–H groups in total. The van der Waals surface area contributed by atoms with Gasteiger partial charge in [0, 0.05) is 18.1 Å². The number of nitrogens with zero attached hydrogens (tertiary/aromatic N) is 7. The number of benzene rings is 1. The highest BCUT2D eigenvalue weighted by molar-refractivity contribution is 6.32. The number of alkyl halides is 3. The lowest BCUT2D eigenvalue weighted by molar-refractivity contribution is -0.143. The van der Waals surface area contributed by atoms with Crippen LogP contribution in [0.25, 0.3) is 22.4 Å². The summed E-state index contributed by atoms with van der Waals surface area (Å²) in [5.74, 6) is -0.886. The van der Waals surface area contributed by atoms with Crippen LogP contribution in [0.2, 0.25) is 5.02 Å². The second-order valence-corrected chi connectivity index (χ2v) is 7.88. The highest BCUT2D eigenvalue weighted by Gasteiger charge is 2.41. The Kier molecular flexibility index (Phi) is 5.86. The molecule has 0 bridgehead atoms. The van der Waals surface area contributed by atoms with Crippen LogP contribution in [0.1, 0.15) is 21.7 Å². The van der Waals surface area contributed by atoms with Crippen LogP contribution in [0.5, 0.6) is 0 Å². The minimum absolute atomic E-state index is 0.0574. The zero-order chi connectivity index (χ0) is 25.4. The summed E-state index contributed by atoms with van der Waals surface area (Å²) in [6, 6.07) is 9.24. The molecule has 0 aliphatic rings. The van der Waals surface area contributed by atoms with Crippen molar-refractivity contribution in [3.8, 4) is 11.5 Å². The molecule has 182 valence electrons. The maximum Gasteiger partial charge on any atom is 0.434 e. The van der Waals surface area contributed by atoms with Gasteiger partial charge in [0.2, 0.25) is 0 Å². The van der Waals surface area contributed by atoms with Crippen molar-refractivity contribution in [2.45, 2.75) is 12.7 Å². The average molecular weight is 514 g/mol. The quantitative estimate of drug-likeness (QED) is 0.366. The third-order valence-electron chi connectivity index (χ3n) is 5.15. The Morgan fingerprint density at radius 3 is 2.64 bits per heavy atom. The van der Waals surface area contributed by atoms with Gasteiger partial charge in [0.1, 0.15) is 0 Å². The molecule has 0 aliphatic heterocycles. The van der Waals surface area contributed by atoms with Gasteiger partial charge in [-0.25, -0.2) is 9.67 Å². The van der Waals surface area contributed by atoms with E-state index in [0.29, 0.717) is 21.3 Å². The third-order valence-corrected chi connectivity index (χ3v) is 5.43. The smallest absolute Gasteiger partial charge is 0.325 e. The number of carbonyl (C=O) groups is 1. The van der Waals surface area contributed by atoms with Crippen molar-refractivity contribution < 1.29 is 18.0 Å². The third kappa shape index (κ3) is 4.25. The van der Waals surface area contributed by atoms with Crippen molar-refractivity contribution in [3.63, 3.8) is 0 Å². The normalized spacial score (nSPS) is 11.7.